The van der Waals surface area contributed by atoms with Gasteiger partial charge in [0.15, 0.2) is 11.2 Å². The molecule has 7 nitrogen and oxygen atoms in total. The van der Waals surface area contributed by atoms with Crippen molar-refractivity contribution in [3.05, 3.63) is 83.4 Å². The molecule has 4 rings (SSSR count). The summed E-state index contributed by atoms with van der Waals surface area (Å²) in [7, 11) is 4.42. The number of ether oxygens (including phenoxy) is 5. The van der Waals surface area contributed by atoms with Crippen molar-refractivity contribution in [1.29, 1.82) is 0 Å². The largest absolute Gasteiger partial charge is 0.496 e. The van der Waals surface area contributed by atoms with E-state index in [1.54, 1.807) is 36.4 Å². The molecule has 1 unspecified atom stereocenters. The molecule has 1 atom stereocenters. The highest BCUT2D eigenvalue weighted by Gasteiger charge is 2.57. The van der Waals surface area contributed by atoms with Gasteiger partial charge in [0, 0.05) is 17.7 Å². The van der Waals surface area contributed by atoms with E-state index in [9.17, 15) is 9.59 Å². The zero-order chi connectivity index (χ0) is 23.4. The smallest absolute Gasteiger partial charge is 0.329 e. The minimum absolute atomic E-state index is 0.00148. The van der Waals surface area contributed by atoms with Crippen molar-refractivity contribution in [2.75, 3.05) is 27.9 Å². The van der Waals surface area contributed by atoms with Crippen LogP contribution in [0.5, 0.6) is 23.0 Å². The van der Waals surface area contributed by atoms with Gasteiger partial charge in [-0.05, 0) is 11.6 Å². The van der Waals surface area contributed by atoms with Crippen molar-refractivity contribution in [1.82, 2.24) is 0 Å². The number of hydrogen-bond donors (Lipinski definition) is 0. The highest BCUT2D eigenvalue weighted by atomic mass is 16.5. The van der Waals surface area contributed by atoms with E-state index >= 15 is 0 Å². The van der Waals surface area contributed by atoms with E-state index in [0.717, 1.165) is 5.56 Å². The number of rotatable bonds is 7. The normalized spacial score (nSPS) is 16.9. The van der Waals surface area contributed by atoms with E-state index in [-0.39, 0.29) is 30.3 Å². The lowest BCUT2D eigenvalue weighted by atomic mass is 9.69. The Morgan fingerprint density at radius 2 is 1.55 bits per heavy atom. The van der Waals surface area contributed by atoms with E-state index in [4.69, 9.17) is 23.7 Å². The fraction of sp³-hybridized carbons (Fsp3) is 0.231. The Morgan fingerprint density at radius 1 is 0.909 bits per heavy atom. The Bertz CT molecular complexity index is 1150. The molecule has 3 aromatic carbocycles. The summed E-state index contributed by atoms with van der Waals surface area (Å²) in [4.78, 5) is 27.6. The molecule has 1 aliphatic rings. The molecular formula is C26H24O7. The van der Waals surface area contributed by atoms with Crippen molar-refractivity contribution in [2.45, 2.75) is 12.0 Å². The number of hydrogen-bond acceptors (Lipinski definition) is 7. The quantitative estimate of drug-likeness (QED) is 0.403. The summed E-state index contributed by atoms with van der Waals surface area (Å²) in [6, 6.07) is 19.4. The summed E-state index contributed by atoms with van der Waals surface area (Å²) >= 11 is 0. The molecule has 33 heavy (non-hydrogen) atoms. The van der Waals surface area contributed by atoms with Gasteiger partial charge in [0.1, 0.15) is 36.2 Å². The minimum Gasteiger partial charge on any atom is -0.496 e. The summed E-state index contributed by atoms with van der Waals surface area (Å²) in [6.45, 7) is -0.311. The Morgan fingerprint density at radius 3 is 2.18 bits per heavy atom. The molecule has 0 saturated heterocycles. The lowest BCUT2D eigenvalue weighted by Crippen LogP contribution is -2.51. The zero-order valence-electron chi connectivity index (χ0n) is 18.6. The molecule has 0 radical (unpaired) electrons. The highest BCUT2D eigenvalue weighted by molar-refractivity contribution is 6.16. The molecule has 1 aliphatic heterocycles. The fourth-order valence-corrected chi connectivity index (χ4v) is 4.11. The predicted molar refractivity (Wildman–Crippen MR) is 120 cm³/mol. The maximum atomic E-state index is 13.9. The van der Waals surface area contributed by atoms with E-state index in [2.05, 4.69) is 0 Å². The van der Waals surface area contributed by atoms with Crippen molar-refractivity contribution < 1.29 is 33.3 Å². The first-order valence-corrected chi connectivity index (χ1v) is 10.3. The topological polar surface area (TPSA) is 80.3 Å². The number of fused-ring (bicyclic) bond motifs is 1. The molecule has 170 valence electrons. The molecule has 0 N–H and O–H groups in total. The van der Waals surface area contributed by atoms with Crippen LogP contribution in [0.1, 0.15) is 16.7 Å². The lowest BCUT2D eigenvalue weighted by molar-refractivity contribution is -0.155. The van der Waals surface area contributed by atoms with Gasteiger partial charge in [0.25, 0.3) is 0 Å². The van der Waals surface area contributed by atoms with Gasteiger partial charge in [-0.2, -0.15) is 0 Å². The molecule has 0 aliphatic carbocycles. The number of carbonyl (C=O) groups is 2. The standard InChI is InChI=1S/C26H24O7/c1-29-18-13-21(30-2)24(22(14-18)31-3)26(25(28)33-15-17-9-5-4-6-10-17)19-11-7-8-12-20(19)32-16-23(26)27/h4-14H,15-16H2,1-3H3. The zero-order valence-corrected chi connectivity index (χ0v) is 18.6. The first-order chi connectivity index (χ1) is 16.1. The van der Waals surface area contributed by atoms with Gasteiger partial charge >= 0.3 is 5.97 Å². The van der Waals surface area contributed by atoms with Crippen molar-refractivity contribution in [3.63, 3.8) is 0 Å². The number of benzene rings is 3. The Hall–Kier alpha value is -4.00. The number of esters is 1. The number of ketones is 1. The predicted octanol–water partition coefficient (Wildman–Crippen LogP) is 3.70. The summed E-state index contributed by atoms with van der Waals surface area (Å²) in [5.41, 5.74) is -0.456. The molecule has 0 saturated carbocycles. The summed E-state index contributed by atoms with van der Waals surface area (Å²) < 4.78 is 28.0. The van der Waals surface area contributed by atoms with E-state index in [0.29, 0.717) is 17.1 Å². The van der Waals surface area contributed by atoms with Crippen LogP contribution in [0.2, 0.25) is 0 Å². The van der Waals surface area contributed by atoms with Gasteiger partial charge in [-0.25, -0.2) is 0 Å². The SMILES string of the molecule is COc1cc(OC)c(C2(C(=O)OCc3ccccc3)C(=O)COc3ccccc32)c(OC)c1. The van der Waals surface area contributed by atoms with E-state index in [1.165, 1.54) is 21.3 Å². The second kappa shape index (κ2) is 9.24. The van der Waals surface area contributed by atoms with E-state index in [1.807, 2.05) is 30.3 Å². The number of carbonyl (C=O) groups excluding carboxylic acids is 2. The monoisotopic (exact) mass is 448 g/mol. The van der Waals surface area contributed by atoms with Gasteiger partial charge < -0.3 is 23.7 Å². The third-order valence-corrected chi connectivity index (χ3v) is 5.68. The van der Waals surface area contributed by atoms with Crippen LogP contribution in [-0.2, 0) is 26.3 Å². The molecule has 0 bridgehead atoms. The van der Waals surface area contributed by atoms with Crippen LogP contribution in [0.3, 0.4) is 0 Å². The Balaban J connectivity index is 1.96. The van der Waals surface area contributed by atoms with Crippen LogP contribution >= 0.6 is 0 Å². The van der Waals surface area contributed by atoms with Crippen LogP contribution in [0.25, 0.3) is 0 Å². The van der Waals surface area contributed by atoms with Crippen molar-refractivity contribution in [2.24, 2.45) is 0 Å². The second-order valence-corrected chi connectivity index (χ2v) is 7.43. The lowest BCUT2D eigenvalue weighted by Gasteiger charge is -2.37. The molecule has 3 aromatic rings. The average molecular weight is 448 g/mol. The van der Waals surface area contributed by atoms with Crippen molar-refractivity contribution >= 4 is 11.8 Å². The van der Waals surface area contributed by atoms with Crippen LogP contribution in [0, 0.1) is 0 Å². The third-order valence-electron chi connectivity index (χ3n) is 5.68. The second-order valence-electron chi connectivity index (χ2n) is 7.43. The fourth-order valence-electron chi connectivity index (χ4n) is 4.11. The minimum atomic E-state index is -1.85. The highest BCUT2D eigenvalue weighted by Crippen LogP contribution is 2.50. The van der Waals surface area contributed by atoms with Gasteiger partial charge in [-0.15, -0.1) is 0 Å². The number of para-hydroxylation sites is 1. The molecule has 7 heteroatoms. The summed E-state index contributed by atoms with van der Waals surface area (Å²) in [5, 5.41) is 0. The maximum Gasteiger partial charge on any atom is 0.329 e. The van der Waals surface area contributed by atoms with Crippen molar-refractivity contribution in [3.8, 4) is 23.0 Å². The first-order valence-electron chi connectivity index (χ1n) is 10.3. The Kier molecular flexibility index (Phi) is 6.22. The van der Waals surface area contributed by atoms with Gasteiger partial charge in [-0.1, -0.05) is 48.5 Å². The molecule has 0 amide bonds. The third kappa shape index (κ3) is 3.75. The average Bonchev–Trinajstić information content (AvgIpc) is 2.87. The van der Waals surface area contributed by atoms with Crippen LogP contribution < -0.4 is 18.9 Å². The van der Waals surface area contributed by atoms with E-state index < -0.39 is 17.2 Å². The van der Waals surface area contributed by atoms with Crippen LogP contribution in [0.4, 0.5) is 0 Å². The van der Waals surface area contributed by atoms with Gasteiger partial charge in [0.2, 0.25) is 0 Å². The molecule has 0 aromatic heterocycles. The molecule has 0 fully saturated rings. The molecule has 0 spiro atoms. The maximum absolute atomic E-state index is 13.9. The molecular weight excluding hydrogens is 424 g/mol. The van der Waals surface area contributed by atoms with Gasteiger partial charge in [0.05, 0.1) is 26.9 Å². The molecule has 1 heterocycles. The van der Waals surface area contributed by atoms with Crippen LogP contribution in [-0.4, -0.2) is 39.7 Å². The Labute approximate surface area is 191 Å². The van der Waals surface area contributed by atoms with Crippen LogP contribution in [0.15, 0.2) is 66.7 Å². The number of methoxy groups -OCH3 is 3. The summed E-state index contributed by atoms with van der Waals surface area (Å²) in [6.07, 6.45) is 0. The summed E-state index contributed by atoms with van der Waals surface area (Å²) in [5.74, 6) is 0.150. The van der Waals surface area contributed by atoms with Gasteiger partial charge in [-0.3, -0.25) is 9.59 Å². The number of Topliss-reactive ketones (excluding diaryl/α,β-unsaturated/α-hetero) is 1. The first kappa shape index (κ1) is 22.2.